The fraction of sp³-hybridized carbons (Fsp3) is 0.412. The number of aromatic nitrogens is 2. The van der Waals surface area contributed by atoms with Crippen molar-refractivity contribution in [3.8, 4) is 0 Å². The van der Waals surface area contributed by atoms with Gasteiger partial charge >= 0.3 is 0 Å². The molecule has 1 aromatic heterocycles. The van der Waals surface area contributed by atoms with E-state index < -0.39 is 0 Å². The van der Waals surface area contributed by atoms with Gasteiger partial charge in [-0.1, -0.05) is 12.1 Å². The van der Waals surface area contributed by atoms with Crippen molar-refractivity contribution in [2.24, 2.45) is 0 Å². The van der Waals surface area contributed by atoms with E-state index in [-0.39, 0.29) is 11.9 Å². The van der Waals surface area contributed by atoms with Gasteiger partial charge in [-0.3, -0.25) is 9.89 Å². The van der Waals surface area contributed by atoms with Gasteiger partial charge in [0.25, 0.3) is 5.91 Å². The number of carbonyl (C=O) groups is 1. The molecule has 0 spiro atoms. The average molecular weight is 296 g/mol. The third-order valence-electron chi connectivity index (χ3n) is 4.68. The molecule has 0 saturated heterocycles. The Balaban J connectivity index is 1.51. The minimum Gasteiger partial charge on any atom is -0.384 e. The predicted octanol–water partition coefficient (Wildman–Crippen LogP) is 2.06. The van der Waals surface area contributed by atoms with Crippen LogP contribution in [0.15, 0.2) is 24.4 Å². The Kier molecular flexibility index (Phi) is 3.33. The number of hydrogen-bond acceptors (Lipinski definition) is 3. The molecule has 0 radical (unpaired) electrons. The molecule has 2 aliphatic rings. The third kappa shape index (κ3) is 2.36. The Bertz CT molecular complexity index is 706. The quantitative estimate of drug-likeness (QED) is 0.794. The lowest BCUT2D eigenvalue weighted by molar-refractivity contribution is 0.0934. The number of H-pyrrole nitrogens is 1. The second kappa shape index (κ2) is 5.48. The summed E-state index contributed by atoms with van der Waals surface area (Å²) < 4.78 is 0. The molecule has 1 aromatic carbocycles. The monoisotopic (exact) mass is 296 g/mol. The van der Waals surface area contributed by atoms with Crippen molar-refractivity contribution >= 4 is 11.6 Å². The van der Waals surface area contributed by atoms with Crippen LogP contribution in [0.4, 0.5) is 5.69 Å². The number of nitrogens with one attached hydrogen (secondary N) is 3. The van der Waals surface area contributed by atoms with E-state index in [4.69, 9.17) is 0 Å². The maximum absolute atomic E-state index is 12.7. The molecule has 0 saturated carbocycles. The lowest BCUT2D eigenvalue weighted by Crippen LogP contribution is -2.39. The van der Waals surface area contributed by atoms with E-state index >= 15 is 0 Å². The standard InChI is InChI=1S/C17H20N4O/c22-17(14-5-1-3-11-4-2-8-18-16(11)14)20-13-7-6-12-10-19-21-15(12)9-13/h1,3,5,10,13,18H,2,4,6-9H2,(H,19,21)(H,20,22)/t13-/m0/s1. The van der Waals surface area contributed by atoms with E-state index in [2.05, 4.69) is 26.9 Å². The lowest BCUT2D eigenvalue weighted by atomic mass is 9.93. The summed E-state index contributed by atoms with van der Waals surface area (Å²) in [6, 6.07) is 6.18. The number of rotatable bonds is 2. The molecule has 2 heterocycles. The second-order valence-corrected chi connectivity index (χ2v) is 6.16. The Morgan fingerprint density at radius 2 is 2.23 bits per heavy atom. The number of aromatic amines is 1. The van der Waals surface area contributed by atoms with Gasteiger partial charge < -0.3 is 10.6 Å². The molecule has 22 heavy (non-hydrogen) atoms. The van der Waals surface area contributed by atoms with E-state index in [1.807, 2.05) is 18.3 Å². The van der Waals surface area contributed by atoms with Crippen LogP contribution < -0.4 is 10.6 Å². The largest absolute Gasteiger partial charge is 0.384 e. The first-order valence-electron chi connectivity index (χ1n) is 7.99. The Morgan fingerprint density at radius 1 is 1.27 bits per heavy atom. The van der Waals surface area contributed by atoms with Crippen LogP contribution in [0.25, 0.3) is 0 Å². The van der Waals surface area contributed by atoms with Gasteiger partial charge in [-0.15, -0.1) is 0 Å². The summed E-state index contributed by atoms with van der Waals surface area (Å²) in [5.41, 5.74) is 5.48. The fourth-order valence-electron chi connectivity index (χ4n) is 3.49. The van der Waals surface area contributed by atoms with Crippen molar-refractivity contribution in [3.63, 3.8) is 0 Å². The van der Waals surface area contributed by atoms with Gasteiger partial charge in [0.15, 0.2) is 0 Å². The summed E-state index contributed by atoms with van der Waals surface area (Å²) in [5, 5.41) is 13.7. The molecule has 0 unspecified atom stereocenters. The highest BCUT2D eigenvalue weighted by atomic mass is 16.1. The first-order valence-corrected chi connectivity index (χ1v) is 7.99. The van der Waals surface area contributed by atoms with E-state index in [9.17, 15) is 4.79 Å². The molecule has 5 heteroatoms. The van der Waals surface area contributed by atoms with Crippen molar-refractivity contribution < 1.29 is 4.79 Å². The predicted molar refractivity (Wildman–Crippen MR) is 85.1 cm³/mol. The Hall–Kier alpha value is -2.30. The summed E-state index contributed by atoms with van der Waals surface area (Å²) >= 11 is 0. The molecule has 1 atom stereocenters. The fourth-order valence-corrected chi connectivity index (χ4v) is 3.49. The molecule has 3 N–H and O–H groups in total. The maximum Gasteiger partial charge on any atom is 0.253 e. The summed E-state index contributed by atoms with van der Waals surface area (Å²) in [5.74, 6) is 0.0271. The number of hydrogen-bond donors (Lipinski definition) is 3. The molecule has 2 aromatic rings. The molecule has 0 bridgehead atoms. The van der Waals surface area contributed by atoms with Gasteiger partial charge in [-0.05, 0) is 42.9 Å². The van der Waals surface area contributed by atoms with E-state index in [1.54, 1.807) is 0 Å². The molecule has 1 aliphatic carbocycles. The number of anilines is 1. The number of para-hydroxylation sites is 1. The third-order valence-corrected chi connectivity index (χ3v) is 4.68. The zero-order valence-electron chi connectivity index (χ0n) is 12.5. The number of benzene rings is 1. The van der Waals surface area contributed by atoms with Crippen molar-refractivity contribution in [2.45, 2.75) is 38.1 Å². The van der Waals surface area contributed by atoms with E-state index in [1.165, 1.54) is 11.1 Å². The van der Waals surface area contributed by atoms with Gasteiger partial charge in [-0.25, -0.2) is 0 Å². The van der Waals surface area contributed by atoms with Crippen molar-refractivity contribution in [3.05, 3.63) is 46.8 Å². The SMILES string of the molecule is O=C(N[C@H]1CCc2cn[nH]c2C1)c1cccc2c1NCCC2. The van der Waals surface area contributed by atoms with Crippen LogP contribution in [0.5, 0.6) is 0 Å². The highest BCUT2D eigenvalue weighted by Gasteiger charge is 2.24. The van der Waals surface area contributed by atoms with Gasteiger partial charge in [0.2, 0.25) is 0 Å². The van der Waals surface area contributed by atoms with Crippen LogP contribution in [0.1, 0.15) is 40.0 Å². The number of nitrogens with zero attached hydrogens (tertiary/aromatic N) is 1. The molecular weight excluding hydrogens is 276 g/mol. The van der Waals surface area contributed by atoms with Crippen LogP contribution in [-0.2, 0) is 19.3 Å². The van der Waals surface area contributed by atoms with E-state index in [0.29, 0.717) is 0 Å². The van der Waals surface area contributed by atoms with Crippen molar-refractivity contribution in [1.29, 1.82) is 0 Å². The number of amides is 1. The highest BCUT2D eigenvalue weighted by molar-refractivity contribution is 6.00. The molecule has 5 nitrogen and oxygen atoms in total. The average Bonchev–Trinajstić information content (AvgIpc) is 3.02. The van der Waals surface area contributed by atoms with E-state index in [0.717, 1.165) is 55.6 Å². The number of aryl methyl sites for hydroxylation is 2. The Morgan fingerprint density at radius 3 is 3.18 bits per heavy atom. The highest BCUT2D eigenvalue weighted by Crippen LogP contribution is 2.26. The maximum atomic E-state index is 12.7. The summed E-state index contributed by atoms with van der Waals surface area (Å²) in [4.78, 5) is 12.7. The summed E-state index contributed by atoms with van der Waals surface area (Å²) in [6.45, 7) is 0.943. The number of carbonyl (C=O) groups excluding carboxylic acids is 1. The van der Waals surface area contributed by atoms with Crippen LogP contribution in [-0.4, -0.2) is 28.7 Å². The second-order valence-electron chi connectivity index (χ2n) is 6.16. The van der Waals surface area contributed by atoms with Crippen LogP contribution in [0, 0.1) is 0 Å². The lowest BCUT2D eigenvalue weighted by Gasteiger charge is -2.25. The molecule has 4 rings (SSSR count). The smallest absolute Gasteiger partial charge is 0.253 e. The van der Waals surface area contributed by atoms with Gasteiger partial charge in [0.05, 0.1) is 17.4 Å². The number of fused-ring (bicyclic) bond motifs is 2. The van der Waals surface area contributed by atoms with Crippen LogP contribution in [0.3, 0.4) is 0 Å². The van der Waals surface area contributed by atoms with Crippen molar-refractivity contribution in [1.82, 2.24) is 15.5 Å². The van der Waals surface area contributed by atoms with Gasteiger partial charge in [-0.2, -0.15) is 5.10 Å². The zero-order chi connectivity index (χ0) is 14.9. The van der Waals surface area contributed by atoms with Crippen LogP contribution in [0.2, 0.25) is 0 Å². The topological polar surface area (TPSA) is 69.8 Å². The normalized spacial score (nSPS) is 19.7. The van der Waals surface area contributed by atoms with Crippen LogP contribution >= 0.6 is 0 Å². The minimum atomic E-state index is 0.0271. The minimum absolute atomic E-state index is 0.0271. The Labute approximate surface area is 129 Å². The molecule has 0 fully saturated rings. The van der Waals surface area contributed by atoms with Gasteiger partial charge in [0.1, 0.15) is 0 Å². The van der Waals surface area contributed by atoms with Gasteiger partial charge in [0, 0.05) is 24.7 Å². The first kappa shape index (κ1) is 13.4. The molecule has 1 amide bonds. The summed E-state index contributed by atoms with van der Waals surface area (Å²) in [7, 11) is 0. The zero-order valence-corrected chi connectivity index (χ0v) is 12.5. The molecular formula is C17H20N4O. The van der Waals surface area contributed by atoms with Crippen molar-refractivity contribution in [2.75, 3.05) is 11.9 Å². The molecule has 1 aliphatic heterocycles. The first-order chi connectivity index (χ1) is 10.8. The molecule has 114 valence electrons. The summed E-state index contributed by atoms with van der Waals surface area (Å²) in [6.07, 6.45) is 6.85.